The van der Waals surface area contributed by atoms with Gasteiger partial charge in [-0.15, -0.1) is 0 Å². The third-order valence-electron chi connectivity index (χ3n) is 4.44. The highest BCUT2D eigenvalue weighted by Crippen LogP contribution is 2.35. The minimum Gasteiger partial charge on any atom is -0.370 e. The molecule has 1 aromatic rings. The van der Waals surface area contributed by atoms with Crippen LogP contribution in [0.15, 0.2) is 18.3 Å². The fourth-order valence-corrected chi connectivity index (χ4v) is 2.92. The standard InChI is InChI=1S/C17H26N2O/c1-5-16(20)15-7-6-14(12-18-15)19-10-8-13(9-11-19)17(2,3)4/h6-7,12-13H,5,8-11H2,1-4H3. The molecule has 2 rings (SSSR count). The number of Topliss-reactive ketones (excluding diaryl/α,β-unsaturated/α-hetero) is 1. The summed E-state index contributed by atoms with van der Waals surface area (Å²) in [6.45, 7) is 11.0. The first-order valence-corrected chi connectivity index (χ1v) is 7.66. The van der Waals surface area contributed by atoms with E-state index in [4.69, 9.17) is 0 Å². The highest BCUT2D eigenvalue weighted by Gasteiger charge is 2.28. The van der Waals surface area contributed by atoms with E-state index in [0.717, 1.165) is 24.7 Å². The van der Waals surface area contributed by atoms with Crippen LogP contribution in [-0.4, -0.2) is 23.9 Å². The van der Waals surface area contributed by atoms with Crippen molar-refractivity contribution in [2.24, 2.45) is 11.3 Å². The van der Waals surface area contributed by atoms with E-state index in [1.54, 1.807) is 0 Å². The Bertz CT molecular complexity index is 451. The molecule has 0 unspecified atom stereocenters. The van der Waals surface area contributed by atoms with Gasteiger partial charge in [0.2, 0.25) is 0 Å². The number of piperidine rings is 1. The predicted molar refractivity (Wildman–Crippen MR) is 83.3 cm³/mol. The predicted octanol–water partition coefficient (Wildman–Crippen LogP) is 3.94. The van der Waals surface area contributed by atoms with Crippen molar-refractivity contribution in [2.45, 2.75) is 47.0 Å². The Hall–Kier alpha value is -1.38. The summed E-state index contributed by atoms with van der Waals surface area (Å²) in [6, 6.07) is 3.89. The second-order valence-electron chi connectivity index (χ2n) is 6.81. The van der Waals surface area contributed by atoms with Gasteiger partial charge in [-0.3, -0.25) is 9.78 Å². The molecule has 0 aromatic carbocycles. The van der Waals surface area contributed by atoms with Crippen LogP contribution in [0, 0.1) is 11.3 Å². The summed E-state index contributed by atoms with van der Waals surface area (Å²) in [5.74, 6) is 0.913. The summed E-state index contributed by atoms with van der Waals surface area (Å²) in [5.41, 5.74) is 2.13. The van der Waals surface area contributed by atoms with Gasteiger partial charge >= 0.3 is 0 Å². The topological polar surface area (TPSA) is 33.2 Å². The van der Waals surface area contributed by atoms with Gasteiger partial charge in [0.15, 0.2) is 5.78 Å². The lowest BCUT2D eigenvalue weighted by Crippen LogP contribution is -2.38. The van der Waals surface area contributed by atoms with Crippen molar-refractivity contribution in [3.8, 4) is 0 Å². The largest absolute Gasteiger partial charge is 0.370 e. The lowest BCUT2D eigenvalue weighted by molar-refractivity contribution is 0.0983. The molecule has 0 aliphatic carbocycles. The Kier molecular flexibility index (Phi) is 4.46. The smallest absolute Gasteiger partial charge is 0.180 e. The van der Waals surface area contributed by atoms with Gasteiger partial charge < -0.3 is 4.90 Å². The van der Waals surface area contributed by atoms with Crippen LogP contribution in [0.3, 0.4) is 0 Å². The number of carbonyl (C=O) groups excluding carboxylic acids is 1. The van der Waals surface area contributed by atoms with Crippen LogP contribution in [-0.2, 0) is 0 Å². The lowest BCUT2D eigenvalue weighted by Gasteiger charge is -2.39. The van der Waals surface area contributed by atoms with Gasteiger partial charge in [0.25, 0.3) is 0 Å². The number of rotatable bonds is 3. The molecule has 1 fully saturated rings. The molecule has 0 atom stereocenters. The number of aromatic nitrogens is 1. The van der Waals surface area contributed by atoms with Gasteiger partial charge in [-0.25, -0.2) is 0 Å². The van der Waals surface area contributed by atoms with Gasteiger partial charge in [0, 0.05) is 19.5 Å². The van der Waals surface area contributed by atoms with Crippen LogP contribution in [0.4, 0.5) is 5.69 Å². The summed E-state index contributed by atoms with van der Waals surface area (Å²) in [5, 5.41) is 0. The first kappa shape index (κ1) is 15.0. The molecule has 3 nitrogen and oxygen atoms in total. The zero-order valence-electron chi connectivity index (χ0n) is 13.1. The lowest BCUT2D eigenvalue weighted by atomic mass is 9.75. The summed E-state index contributed by atoms with van der Waals surface area (Å²) in [6.07, 6.45) is 4.84. The maximum absolute atomic E-state index is 11.6. The molecule has 0 N–H and O–H groups in total. The van der Waals surface area contributed by atoms with E-state index in [1.165, 1.54) is 12.8 Å². The molecule has 0 bridgehead atoms. The van der Waals surface area contributed by atoms with Crippen molar-refractivity contribution in [1.82, 2.24) is 4.98 Å². The van der Waals surface area contributed by atoms with Crippen LogP contribution >= 0.6 is 0 Å². The van der Waals surface area contributed by atoms with E-state index >= 15 is 0 Å². The number of ketones is 1. The fourth-order valence-electron chi connectivity index (χ4n) is 2.92. The van der Waals surface area contributed by atoms with E-state index < -0.39 is 0 Å². The molecule has 110 valence electrons. The molecule has 2 heterocycles. The molecule has 3 heteroatoms. The van der Waals surface area contributed by atoms with Crippen molar-refractivity contribution < 1.29 is 4.79 Å². The van der Waals surface area contributed by atoms with E-state index in [2.05, 4.69) is 30.7 Å². The number of hydrogen-bond acceptors (Lipinski definition) is 3. The van der Waals surface area contributed by atoms with Crippen LogP contribution in [0.2, 0.25) is 0 Å². The maximum atomic E-state index is 11.6. The van der Waals surface area contributed by atoms with E-state index in [9.17, 15) is 4.79 Å². The SMILES string of the molecule is CCC(=O)c1ccc(N2CCC(C(C)(C)C)CC2)cn1. The first-order valence-electron chi connectivity index (χ1n) is 7.66. The molecular formula is C17H26N2O. The fraction of sp³-hybridized carbons (Fsp3) is 0.647. The van der Waals surface area contributed by atoms with Gasteiger partial charge in [-0.1, -0.05) is 27.7 Å². The number of nitrogens with zero attached hydrogens (tertiary/aromatic N) is 2. The Labute approximate surface area is 122 Å². The average molecular weight is 274 g/mol. The quantitative estimate of drug-likeness (QED) is 0.783. The third kappa shape index (κ3) is 3.38. The molecule has 0 spiro atoms. The molecule has 1 aliphatic rings. The molecule has 20 heavy (non-hydrogen) atoms. The van der Waals surface area contributed by atoms with Crippen LogP contribution in [0.1, 0.15) is 57.4 Å². The molecule has 1 saturated heterocycles. The van der Waals surface area contributed by atoms with E-state index in [1.807, 2.05) is 25.3 Å². The minimum atomic E-state index is 0.114. The average Bonchev–Trinajstić information content (AvgIpc) is 2.46. The molecule has 1 aromatic heterocycles. The molecule has 0 saturated carbocycles. The summed E-state index contributed by atoms with van der Waals surface area (Å²) < 4.78 is 0. The van der Waals surface area contributed by atoms with Crippen molar-refractivity contribution in [3.63, 3.8) is 0 Å². The van der Waals surface area contributed by atoms with Gasteiger partial charge in [0.05, 0.1) is 11.9 Å². The highest BCUT2D eigenvalue weighted by molar-refractivity contribution is 5.94. The Balaban J connectivity index is 1.99. The first-order chi connectivity index (χ1) is 9.41. The van der Waals surface area contributed by atoms with Gasteiger partial charge in [0.1, 0.15) is 5.69 Å². The second-order valence-corrected chi connectivity index (χ2v) is 6.81. The summed E-state index contributed by atoms with van der Waals surface area (Å²) in [4.78, 5) is 18.3. The molecular weight excluding hydrogens is 248 g/mol. The van der Waals surface area contributed by atoms with Crippen molar-refractivity contribution in [2.75, 3.05) is 18.0 Å². The number of pyridine rings is 1. The summed E-state index contributed by atoms with van der Waals surface area (Å²) >= 11 is 0. The number of anilines is 1. The van der Waals surface area contributed by atoms with Crippen LogP contribution in [0.5, 0.6) is 0 Å². The normalized spacial score (nSPS) is 17.3. The maximum Gasteiger partial charge on any atom is 0.180 e. The minimum absolute atomic E-state index is 0.114. The third-order valence-corrected chi connectivity index (χ3v) is 4.44. The second kappa shape index (κ2) is 5.94. The van der Waals surface area contributed by atoms with Crippen molar-refractivity contribution in [1.29, 1.82) is 0 Å². The number of hydrogen-bond donors (Lipinski definition) is 0. The van der Waals surface area contributed by atoms with Gasteiger partial charge in [-0.05, 0) is 36.3 Å². The summed E-state index contributed by atoms with van der Waals surface area (Å²) in [7, 11) is 0. The van der Waals surface area contributed by atoms with Crippen molar-refractivity contribution in [3.05, 3.63) is 24.0 Å². The van der Waals surface area contributed by atoms with Crippen LogP contribution in [0.25, 0.3) is 0 Å². The number of carbonyl (C=O) groups is 1. The monoisotopic (exact) mass is 274 g/mol. The van der Waals surface area contributed by atoms with E-state index in [-0.39, 0.29) is 5.78 Å². The molecule has 0 radical (unpaired) electrons. The highest BCUT2D eigenvalue weighted by atomic mass is 16.1. The van der Waals surface area contributed by atoms with Crippen molar-refractivity contribution >= 4 is 11.5 Å². The Morgan fingerprint density at radius 3 is 2.40 bits per heavy atom. The molecule has 1 aliphatic heterocycles. The molecule has 0 amide bonds. The van der Waals surface area contributed by atoms with Gasteiger partial charge in [-0.2, -0.15) is 0 Å². The van der Waals surface area contributed by atoms with Crippen LogP contribution < -0.4 is 4.90 Å². The zero-order valence-corrected chi connectivity index (χ0v) is 13.1. The Morgan fingerprint density at radius 2 is 1.95 bits per heavy atom. The zero-order chi connectivity index (χ0) is 14.8. The Morgan fingerprint density at radius 1 is 1.30 bits per heavy atom. The van der Waals surface area contributed by atoms with E-state index in [0.29, 0.717) is 17.5 Å².